The van der Waals surface area contributed by atoms with E-state index in [4.69, 9.17) is 5.73 Å². The number of nitrogens with two attached hydrogens (primary N) is 1. The second-order valence-electron chi connectivity index (χ2n) is 2.73. The van der Waals surface area contributed by atoms with E-state index in [1.165, 1.54) is 5.38 Å². The van der Waals surface area contributed by atoms with E-state index in [0.29, 0.717) is 5.69 Å². The molecular formula is C7H8F4N2OS. The molecule has 3 nitrogen and oxygen atoms in total. The van der Waals surface area contributed by atoms with Gasteiger partial charge in [0, 0.05) is 5.38 Å². The van der Waals surface area contributed by atoms with Crippen molar-refractivity contribution in [1.29, 1.82) is 0 Å². The molecule has 1 aromatic rings. The van der Waals surface area contributed by atoms with Gasteiger partial charge >= 0.3 is 12.3 Å². The lowest BCUT2D eigenvalue weighted by Crippen LogP contribution is -2.32. The van der Waals surface area contributed by atoms with Crippen LogP contribution in [0.3, 0.4) is 0 Å². The van der Waals surface area contributed by atoms with Gasteiger partial charge in [0.2, 0.25) is 0 Å². The Morgan fingerprint density at radius 1 is 1.53 bits per heavy atom. The topological polar surface area (TPSA) is 48.1 Å². The summed E-state index contributed by atoms with van der Waals surface area (Å²) in [5, 5.41) is 1.78. The lowest BCUT2D eigenvalue weighted by molar-refractivity contribution is -0.168. The third-order valence-electron chi connectivity index (χ3n) is 1.43. The van der Waals surface area contributed by atoms with Gasteiger partial charge in [0.15, 0.2) is 5.13 Å². The quantitative estimate of drug-likeness (QED) is 0.807. The second-order valence-corrected chi connectivity index (χ2v) is 3.62. The average molecular weight is 244 g/mol. The van der Waals surface area contributed by atoms with Crippen molar-refractivity contribution in [2.24, 2.45) is 0 Å². The second kappa shape index (κ2) is 4.75. The van der Waals surface area contributed by atoms with Crippen molar-refractivity contribution >= 4 is 16.5 Å². The Balaban J connectivity index is 2.33. The fourth-order valence-corrected chi connectivity index (χ4v) is 1.29. The average Bonchev–Trinajstić information content (AvgIpc) is 2.51. The first kappa shape index (κ1) is 12.2. The summed E-state index contributed by atoms with van der Waals surface area (Å²) in [6, 6.07) is 0. The lowest BCUT2D eigenvalue weighted by Gasteiger charge is -2.14. The molecule has 0 aromatic carbocycles. The molecule has 1 aromatic heterocycles. The minimum atomic E-state index is -4.12. The normalized spacial score (nSPS) is 12.3. The van der Waals surface area contributed by atoms with Crippen molar-refractivity contribution in [3.05, 3.63) is 11.1 Å². The molecule has 1 heterocycles. The SMILES string of the molecule is Nc1nc(COCC(F)(F)C(F)F)cs1. The van der Waals surface area contributed by atoms with Crippen molar-refractivity contribution in [3.8, 4) is 0 Å². The molecule has 0 amide bonds. The number of thiazole rings is 1. The van der Waals surface area contributed by atoms with Gasteiger partial charge in [-0.1, -0.05) is 0 Å². The zero-order chi connectivity index (χ0) is 11.5. The Hall–Kier alpha value is -0.890. The first-order valence-corrected chi connectivity index (χ1v) is 4.73. The number of ether oxygens (including phenoxy) is 1. The molecule has 8 heteroatoms. The van der Waals surface area contributed by atoms with E-state index < -0.39 is 19.0 Å². The van der Waals surface area contributed by atoms with E-state index in [2.05, 4.69) is 9.72 Å². The van der Waals surface area contributed by atoms with E-state index in [1.807, 2.05) is 0 Å². The number of alkyl halides is 4. The van der Waals surface area contributed by atoms with Crippen molar-refractivity contribution < 1.29 is 22.3 Å². The highest BCUT2D eigenvalue weighted by atomic mass is 32.1. The van der Waals surface area contributed by atoms with Gasteiger partial charge in [0.05, 0.1) is 12.3 Å². The van der Waals surface area contributed by atoms with Gasteiger partial charge < -0.3 is 10.5 Å². The van der Waals surface area contributed by atoms with Crippen LogP contribution in [0.1, 0.15) is 5.69 Å². The molecule has 0 unspecified atom stereocenters. The van der Waals surface area contributed by atoms with Crippen LogP contribution in [0, 0.1) is 0 Å². The Morgan fingerprint density at radius 2 is 2.20 bits per heavy atom. The third-order valence-corrected chi connectivity index (χ3v) is 2.16. The van der Waals surface area contributed by atoms with Gasteiger partial charge in [-0.3, -0.25) is 0 Å². The van der Waals surface area contributed by atoms with Crippen molar-refractivity contribution in [2.75, 3.05) is 12.3 Å². The van der Waals surface area contributed by atoms with Crippen molar-refractivity contribution in [2.45, 2.75) is 19.0 Å². The predicted octanol–water partition coefficient (Wildman–Crippen LogP) is 2.14. The van der Waals surface area contributed by atoms with E-state index in [1.54, 1.807) is 0 Å². The summed E-state index contributed by atoms with van der Waals surface area (Å²) in [4.78, 5) is 3.71. The third kappa shape index (κ3) is 3.63. The van der Waals surface area contributed by atoms with Crippen molar-refractivity contribution in [3.63, 3.8) is 0 Å². The van der Waals surface area contributed by atoms with Crippen LogP contribution in [0.5, 0.6) is 0 Å². The molecular weight excluding hydrogens is 236 g/mol. The Labute approximate surface area is 86.9 Å². The minimum Gasteiger partial charge on any atom is -0.375 e. The number of hydrogen-bond donors (Lipinski definition) is 1. The predicted molar refractivity (Wildman–Crippen MR) is 47.1 cm³/mol. The molecule has 0 bridgehead atoms. The molecule has 0 spiro atoms. The molecule has 1 rings (SSSR count). The van der Waals surface area contributed by atoms with E-state index in [0.717, 1.165) is 11.3 Å². The van der Waals surface area contributed by atoms with E-state index >= 15 is 0 Å². The van der Waals surface area contributed by atoms with Gasteiger partial charge in [-0.25, -0.2) is 13.8 Å². The molecule has 0 saturated heterocycles. The van der Waals surface area contributed by atoms with Gasteiger partial charge in [0.25, 0.3) is 0 Å². The van der Waals surface area contributed by atoms with Crippen LogP contribution >= 0.6 is 11.3 Å². The maximum atomic E-state index is 12.3. The highest BCUT2D eigenvalue weighted by Gasteiger charge is 2.40. The zero-order valence-corrected chi connectivity index (χ0v) is 8.24. The van der Waals surface area contributed by atoms with Crippen LogP contribution in [-0.2, 0) is 11.3 Å². The van der Waals surface area contributed by atoms with Crippen LogP contribution in [0.4, 0.5) is 22.7 Å². The molecule has 0 atom stereocenters. The fourth-order valence-electron chi connectivity index (χ4n) is 0.744. The number of nitrogens with zero attached hydrogens (tertiary/aromatic N) is 1. The van der Waals surface area contributed by atoms with Gasteiger partial charge in [-0.15, -0.1) is 11.3 Å². The minimum absolute atomic E-state index is 0.254. The first-order chi connectivity index (χ1) is 6.92. The summed E-state index contributed by atoms with van der Waals surface area (Å²) in [7, 11) is 0. The van der Waals surface area contributed by atoms with Crippen LogP contribution in [-0.4, -0.2) is 23.9 Å². The maximum Gasteiger partial charge on any atom is 0.330 e. The number of anilines is 1. The maximum absolute atomic E-state index is 12.3. The highest BCUT2D eigenvalue weighted by molar-refractivity contribution is 7.13. The number of nitrogen functional groups attached to an aromatic ring is 1. The van der Waals surface area contributed by atoms with Crippen LogP contribution in [0.25, 0.3) is 0 Å². The molecule has 0 fully saturated rings. The summed E-state index contributed by atoms with van der Waals surface area (Å²) >= 11 is 1.12. The number of halogens is 4. The standard InChI is InChI=1S/C7H8F4N2OS/c8-5(9)7(10,11)3-14-1-4-2-15-6(12)13-4/h2,5H,1,3H2,(H2,12,13). The summed E-state index contributed by atoms with van der Waals surface area (Å²) in [5.41, 5.74) is 5.62. The van der Waals surface area contributed by atoms with Gasteiger partial charge in [-0.05, 0) is 0 Å². The summed E-state index contributed by atoms with van der Waals surface area (Å²) in [6.07, 6.45) is -3.72. The first-order valence-electron chi connectivity index (χ1n) is 3.85. The van der Waals surface area contributed by atoms with Crippen LogP contribution in [0.2, 0.25) is 0 Å². The van der Waals surface area contributed by atoms with Gasteiger partial charge in [-0.2, -0.15) is 8.78 Å². The summed E-state index contributed by atoms with van der Waals surface area (Å²) in [5.74, 6) is -4.12. The molecule has 0 aliphatic carbocycles. The van der Waals surface area contributed by atoms with E-state index in [9.17, 15) is 17.6 Å². The number of rotatable bonds is 5. The monoisotopic (exact) mass is 244 g/mol. The Morgan fingerprint density at radius 3 is 2.67 bits per heavy atom. The number of aromatic nitrogens is 1. The zero-order valence-electron chi connectivity index (χ0n) is 7.42. The largest absolute Gasteiger partial charge is 0.375 e. The van der Waals surface area contributed by atoms with Crippen molar-refractivity contribution in [1.82, 2.24) is 4.98 Å². The van der Waals surface area contributed by atoms with Gasteiger partial charge in [0.1, 0.15) is 6.61 Å². The smallest absolute Gasteiger partial charge is 0.330 e. The molecule has 2 N–H and O–H groups in total. The molecule has 86 valence electrons. The fraction of sp³-hybridized carbons (Fsp3) is 0.571. The molecule has 0 radical (unpaired) electrons. The molecule has 0 saturated carbocycles. The molecule has 0 aliphatic heterocycles. The molecule has 15 heavy (non-hydrogen) atoms. The Bertz CT molecular complexity index is 318. The summed E-state index contributed by atoms with van der Waals surface area (Å²) < 4.78 is 52.4. The highest BCUT2D eigenvalue weighted by Crippen LogP contribution is 2.23. The molecule has 0 aliphatic rings. The lowest BCUT2D eigenvalue weighted by atomic mass is 10.4. The summed E-state index contributed by atoms with van der Waals surface area (Å²) in [6.45, 7) is -1.59. The Kier molecular flexibility index (Phi) is 3.86. The number of hydrogen-bond acceptors (Lipinski definition) is 4. The van der Waals surface area contributed by atoms with E-state index in [-0.39, 0.29) is 11.7 Å². The van der Waals surface area contributed by atoms with Crippen LogP contribution < -0.4 is 5.73 Å². The van der Waals surface area contributed by atoms with Crippen LogP contribution in [0.15, 0.2) is 5.38 Å².